The molecule has 0 saturated heterocycles. The van der Waals surface area contributed by atoms with Crippen molar-refractivity contribution < 1.29 is 0 Å². The Balaban J connectivity index is 2.81. The third-order valence-corrected chi connectivity index (χ3v) is 1.99. The molecular weight excluding hydrogens is 164 g/mol. The molecule has 1 aromatic heterocycles. The van der Waals surface area contributed by atoms with Crippen molar-refractivity contribution in [2.24, 2.45) is 0 Å². The fraction of sp³-hybridized carbons (Fsp3) is 0.333. The van der Waals surface area contributed by atoms with Gasteiger partial charge in [0, 0.05) is 12.4 Å². The highest BCUT2D eigenvalue weighted by Gasteiger charge is 2.07. The van der Waals surface area contributed by atoms with Crippen molar-refractivity contribution in [2.75, 3.05) is 0 Å². The highest BCUT2D eigenvalue weighted by atomic mass is 28.3. The molecule has 12 heavy (non-hydrogen) atoms. The van der Waals surface area contributed by atoms with Gasteiger partial charge in [-0.15, -0.1) is 5.54 Å². The predicted octanol–water partition coefficient (Wildman–Crippen LogP) is 1.71. The van der Waals surface area contributed by atoms with Gasteiger partial charge in [-0.1, -0.05) is 19.6 Å². The first-order valence-electron chi connectivity index (χ1n) is 3.88. The third-order valence-electron chi connectivity index (χ3n) is 1.12. The van der Waals surface area contributed by atoms with E-state index in [1.165, 1.54) is 0 Å². The molecule has 0 aliphatic carbocycles. The molecule has 62 valence electrons. The van der Waals surface area contributed by atoms with Crippen molar-refractivity contribution in [1.29, 1.82) is 0 Å². The normalized spacial score (nSPS) is 10.2. The third kappa shape index (κ3) is 3.31. The van der Waals surface area contributed by atoms with Crippen LogP contribution in [0.5, 0.6) is 0 Å². The molecule has 3 heteroatoms. The lowest BCUT2D eigenvalue weighted by Gasteiger charge is -2.02. The summed E-state index contributed by atoms with van der Waals surface area (Å²) in [5.41, 5.74) is 3.20. The minimum absolute atomic E-state index is 0.625. The molecule has 0 amide bonds. The molecule has 0 aliphatic heterocycles. The van der Waals surface area contributed by atoms with Gasteiger partial charge in [-0.25, -0.2) is 9.97 Å². The van der Waals surface area contributed by atoms with Gasteiger partial charge in [0.2, 0.25) is 5.82 Å². The van der Waals surface area contributed by atoms with E-state index in [2.05, 4.69) is 41.1 Å². The number of hydrogen-bond donors (Lipinski definition) is 0. The van der Waals surface area contributed by atoms with Gasteiger partial charge in [-0.2, -0.15) is 0 Å². The van der Waals surface area contributed by atoms with Gasteiger partial charge in [0.05, 0.1) is 0 Å². The summed E-state index contributed by atoms with van der Waals surface area (Å²) >= 11 is 0. The second-order valence-electron chi connectivity index (χ2n) is 3.57. The second kappa shape index (κ2) is 3.50. The summed E-state index contributed by atoms with van der Waals surface area (Å²) in [5, 5.41) is 0. The Kier molecular flexibility index (Phi) is 2.61. The summed E-state index contributed by atoms with van der Waals surface area (Å²) in [4.78, 5) is 8.04. The Morgan fingerprint density at radius 1 is 1.17 bits per heavy atom. The Morgan fingerprint density at radius 3 is 2.25 bits per heavy atom. The first-order chi connectivity index (χ1) is 5.58. The number of hydrogen-bond acceptors (Lipinski definition) is 2. The van der Waals surface area contributed by atoms with Crippen molar-refractivity contribution in [3.05, 3.63) is 24.3 Å². The van der Waals surface area contributed by atoms with E-state index < -0.39 is 8.07 Å². The lowest BCUT2D eigenvalue weighted by Crippen LogP contribution is -2.16. The molecule has 0 aromatic carbocycles. The van der Waals surface area contributed by atoms with E-state index in [1.807, 2.05) is 0 Å². The minimum Gasteiger partial charge on any atom is -0.229 e. The van der Waals surface area contributed by atoms with Crippen molar-refractivity contribution >= 4 is 8.07 Å². The van der Waals surface area contributed by atoms with Gasteiger partial charge in [0.1, 0.15) is 8.07 Å². The quantitative estimate of drug-likeness (QED) is 0.444. The van der Waals surface area contributed by atoms with E-state index in [9.17, 15) is 0 Å². The molecule has 0 atom stereocenters. The Morgan fingerprint density at radius 2 is 1.75 bits per heavy atom. The second-order valence-corrected chi connectivity index (χ2v) is 8.32. The van der Waals surface area contributed by atoms with E-state index in [0.29, 0.717) is 5.82 Å². The first kappa shape index (κ1) is 8.95. The molecule has 0 fully saturated rings. The maximum atomic E-state index is 4.02. The zero-order valence-electron chi connectivity index (χ0n) is 7.63. The van der Waals surface area contributed by atoms with Crippen LogP contribution < -0.4 is 0 Å². The molecule has 0 N–H and O–H groups in total. The highest BCUT2D eigenvalue weighted by Crippen LogP contribution is 1.96. The van der Waals surface area contributed by atoms with Crippen LogP contribution in [0.1, 0.15) is 5.82 Å². The van der Waals surface area contributed by atoms with Crippen molar-refractivity contribution in [3.8, 4) is 11.5 Å². The zero-order chi connectivity index (χ0) is 9.03. The lowest BCUT2D eigenvalue weighted by atomic mass is 10.6. The maximum absolute atomic E-state index is 4.02. The summed E-state index contributed by atoms with van der Waals surface area (Å²) in [6.07, 6.45) is 3.42. The van der Waals surface area contributed by atoms with Crippen molar-refractivity contribution in [1.82, 2.24) is 9.97 Å². The lowest BCUT2D eigenvalue weighted by molar-refractivity contribution is 1.13. The predicted molar refractivity (Wildman–Crippen MR) is 52.3 cm³/mol. The van der Waals surface area contributed by atoms with E-state index in [0.717, 1.165) is 0 Å². The molecule has 1 aromatic rings. The smallest absolute Gasteiger partial charge is 0.204 e. The molecule has 0 unspecified atom stereocenters. The topological polar surface area (TPSA) is 25.8 Å². The maximum Gasteiger partial charge on any atom is 0.204 e. The van der Waals surface area contributed by atoms with Crippen LogP contribution in [0.15, 0.2) is 18.5 Å². The van der Waals surface area contributed by atoms with Gasteiger partial charge in [0.25, 0.3) is 0 Å². The van der Waals surface area contributed by atoms with Gasteiger partial charge in [0.15, 0.2) is 0 Å². The molecule has 1 rings (SSSR count). The van der Waals surface area contributed by atoms with Gasteiger partial charge < -0.3 is 0 Å². The minimum atomic E-state index is -1.28. The number of nitrogens with zero attached hydrogens (tertiary/aromatic N) is 2. The molecular formula is C9H12N2Si. The summed E-state index contributed by atoms with van der Waals surface area (Å²) < 4.78 is 0. The van der Waals surface area contributed by atoms with Crippen LogP contribution in [0.4, 0.5) is 0 Å². The molecule has 0 radical (unpaired) electrons. The Bertz CT molecular complexity index is 303. The average Bonchev–Trinajstić information content (AvgIpc) is 2.02. The van der Waals surface area contributed by atoms with E-state index >= 15 is 0 Å². The Labute approximate surface area is 74.1 Å². The first-order valence-corrected chi connectivity index (χ1v) is 7.38. The van der Waals surface area contributed by atoms with Crippen LogP contribution in [0.2, 0.25) is 19.6 Å². The Hall–Kier alpha value is -1.14. The fourth-order valence-electron chi connectivity index (χ4n) is 0.607. The van der Waals surface area contributed by atoms with Crippen LogP contribution in [-0.2, 0) is 0 Å². The van der Waals surface area contributed by atoms with Gasteiger partial charge >= 0.3 is 0 Å². The zero-order valence-corrected chi connectivity index (χ0v) is 8.63. The molecule has 0 saturated carbocycles. The van der Waals surface area contributed by atoms with E-state index in [4.69, 9.17) is 0 Å². The molecule has 0 bridgehead atoms. The van der Waals surface area contributed by atoms with Crippen LogP contribution >= 0.6 is 0 Å². The average molecular weight is 176 g/mol. The SMILES string of the molecule is C[Si](C)(C)C#Cc1ncccn1. The summed E-state index contributed by atoms with van der Waals surface area (Å²) in [7, 11) is -1.28. The van der Waals surface area contributed by atoms with Crippen LogP contribution in [0.3, 0.4) is 0 Å². The van der Waals surface area contributed by atoms with E-state index in [1.54, 1.807) is 18.5 Å². The van der Waals surface area contributed by atoms with E-state index in [-0.39, 0.29) is 0 Å². The molecule has 0 aliphatic rings. The highest BCUT2D eigenvalue weighted by molar-refractivity contribution is 6.83. The monoisotopic (exact) mass is 176 g/mol. The standard InChI is InChI=1S/C9H12N2Si/c1-12(2,3)8-5-9-10-6-4-7-11-9/h4,6-7H,1-3H3. The number of aromatic nitrogens is 2. The van der Waals surface area contributed by atoms with Crippen molar-refractivity contribution in [3.63, 3.8) is 0 Å². The summed E-state index contributed by atoms with van der Waals surface area (Å²) in [6, 6.07) is 1.79. The van der Waals surface area contributed by atoms with Crippen LogP contribution in [0, 0.1) is 11.5 Å². The largest absolute Gasteiger partial charge is 0.229 e. The van der Waals surface area contributed by atoms with Crippen LogP contribution in [-0.4, -0.2) is 18.0 Å². The van der Waals surface area contributed by atoms with Gasteiger partial charge in [-0.3, -0.25) is 0 Å². The van der Waals surface area contributed by atoms with Crippen LogP contribution in [0.25, 0.3) is 0 Å². The van der Waals surface area contributed by atoms with Crippen molar-refractivity contribution in [2.45, 2.75) is 19.6 Å². The number of rotatable bonds is 0. The summed E-state index contributed by atoms with van der Waals surface area (Å²) in [6.45, 7) is 6.59. The molecule has 2 nitrogen and oxygen atoms in total. The summed E-state index contributed by atoms with van der Waals surface area (Å²) in [5.74, 6) is 3.60. The molecule has 0 spiro atoms. The fourth-order valence-corrected chi connectivity index (χ4v) is 1.09. The van der Waals surface area contributed by atoms with Gasteiger partial charge in [-0.05, 0) is 12.0 Å². The molecule has 1 heterocycles.